The molecule has 0 N–H and O–H groups in total. The van der Waals surface area contributed by atoms with Crippen LogP contribution in [0.3, 0.4) is 0 Å². The number of hydrogen-bond acceptors (Lipinski definition) is 4. The number of nitrogens with zero attached hydrogens (tertiary/aromatic N) is 3. The van der Waals surface area contributed by atoms with Crippen molar-refractivity contribution < 1.29 is 4.79 Å². The van der Waals surface area contributed by atoms with E-state index in [9.17, 15) is 4.79 Å². The third kappa shape index (κ3) is 2.28. The van der Waals surface area contributed by atoms with Gasteiger partial charge in [-0.05, 0) is 38.3 Å². The summed E-state index contributed by atoms with van der Waals surface area (Å²) in [6.07, 6.45) is 3.92. The molecule has 4 nitrogen and oxygen atoms in total. The fourth-order valence-corrected chi connectivity index (χ4v) is 2.21. The van der Waals surface area contributed by atoms with Crippen LogP contribution in [-0.4, -0.2) is 23.9 Å². The third-order valence-electron chi connectivity index (χ3n) is 3.11. The number of aldehydes is 1. The molecular formula is C13H15N3O. The highest BCUT2D eigenvalue weighted by Crippen LogP contribution is 2.25. The molecule has 17 heavy (non-hydrogen) atoms. The van der Waals surface area contributed by atoms with E-state index >= 15 is 0 Å². The Balaban J connectivity index is 2.40. The second-order valence-corrected chi connectivity index (χ2v) is 4.33. The van der Waals surface area contributed by atoms with Gasteiger partial charge in [-0.3, -0.25) is 0 Å². The lowest BCUT2D eigenvalue weighted by atomic mass is 10.0. The lowest BCUT2D eigenvalue weighted by molar-refractivity contribution is -0.109. The van der Waals surface area contributed by atoms with Gasteiger partial charge in [0.1, 0.15) is 18.2 Å². The molecule has 0 radical (unpaired) electrons. The highest BCUT2D eigenvalue weighted by molar-refractivity contribution is 5.67. The van der Waals surface area contributed by atoms with E-state index in [0.717, 1.165) is 37.8 Å². The van der Waals surface area contributed by atoms with Gasteiger partial charge in [0.05, 0.1) is 11.6 Å². The SMILES string of the molecule is Cc1ccc(C#N)c(N2CCCCC2C=O)n1. The summed E-state index contributed by atoms with van der Waals surface area (Å²) in [5, 5.41) is 9.09. The van der Waals surface area contributed by atoms with Crippen LogP contribution in [0, 0.1) is 18.3 Å². The van der Waals surface area contributed by atoms with E-state index in [4.69, 9.17) is 5.26 Å². The van der Waals surface area contributed by atoms with Crippen molar-refractivity contribution >= 4 is 12.1 Å². The van der Waals surface area contributed by atoms with Gasteiger partial charge in [0.2, 0.25) is 0 Å². The van der Waals surface area contributed by atoms with Crippen LogP contribution in [0.4, 0.5) is 5.82 Å². The van der Waals surface area contributed by atoms with Crippen molar-refractivity contribution in [3.63, 3.8) is 0 Å². The topological polar surface area (TPSA) is 57.0 Å². The summed E-state index contributed by atoms with van der Waals surface area (Å²) in [6, 6.07) is 5.60. The van der Waals surface area contributed by atoms with Gasteiger partial charge in [-0.1, -0.05) is 0 Å². The third-order valence-corrected chi connectivity index (χ3v) is 3.11. The Kier molecular flexibility index (Phi) is 3.38. The Labute approximate surface area is 101 Å². The smallest absolute Gasteiger partial charge is 0.147 e. The normalized spacial score (nSPS) is 19.8. The van der Waals surface area contributed by atoms with Crippen LogP contribution >= 0.6 is 0 Å². The first kappa shape index (κ1) is 11.6. The van der Waals surface area contributed by atoms with Gasteiger partial charge in [0.15, 0.2) is 0 Å². The molecule has 1 saturated heterocycles. The zero-order valence-electron chi connectivity index (χ0n) is 9.89. The zero-order chi connectivity index (χ0) is 12.3. The first-order chi connectivity index (χ1) is 8.26. The predicted octanol–water partition coefficient (Wildman–Crippen LogP) is 1.82. The Hall–Kier alpha value is -1.89. The summed E-state index contributed by atoms with van der Waals surface area (Å²) < 4.78 is 0. The minimum atomic E-state index is -0.134. The van der Waals surface area contributed by atoms with E-state index in [-0.39, 0.29) is 6.04 Å². The van der Waals surface area contributed by atoms with Crippen molar-refractivity contribution in [2.24, 2.45) is 0 Å². The van der Waals surface area contributed by atoms with Crippen molar-refractivity contribution in [2.45, 2.75) is 32.2 Å². The van der Waals surface area contributed by atoms with Crippen LogP contribution in [0.2, 0.25) is 0 Å². The molecule has 0 bridgehead atoms. The molecule has 2 heterocycles. The Morgan fingerprint density at radius 2 is 2.35 bits per heavy atom. The second kappa shape index (κ2) is 4.96. The van der Waals surface area contributed by atoms with E-state index in [1.165, 1.54) is 0 Å². The molecule has 88 valence electrons. The van der Waals surface area contributed by atoms with Crippen LogP contribution in [0.15, 0.2) is 12.1 Å². The van der Waals surface area contributed by atoms with Crippen molar-refractivity contribution in [1.82, 2.24) is 4.98 Å². The van der Waals surface area contributed by atoms with E-state index in [1.54, 1.807) is 6.07 Å². The molecular weight excluding hydrogens is 214 g/mol. The summed E-state index contributed by atoms with van der Waals surface area (Å²) in [5.41, 5.74) is 1.42. The Morgan fingerprint density at radius 3 is 3.06 bits per heavy atom. The summed E-state index contributed by atoms with van der Waals surface area (Å²) in [6.45, 7) is 2.69. The molecule has 1 aliphatic heterocycles. The van der Waals surface area contributed by atoms with Crippen LogP contribution in [-0.2, 0) is 4.79 Å². The van der Waals surface area contributed by atoms with E-state index in [2.05, 4.69) is 11.1 Å². The van der Waals surface area contributed by atoms with Crippen LogP contribution < -0.4 is 4.90 Å². The van der Waals surface area contributed by atoms with E-state index < -0.39 is 0 Å². The van der Waals surface area contributed by atoms with E-state index in [1.807, 2.05) is 17.9 Å². The molecule has 1 aromatic heterocycles. The zero-order valence-corrected chi connectivity index (χ0v) is 9.89. The standard InChI is InChI=1S/C13H15N3O/c1-10-5-6-11(8-14)13(15-10)16-7-3-2-4-12(16)9-17/h5-6,9,12H,2-4,7H2,1H3. The molecule has 0 spiro atoms. The van der Waals surface area contributed by atoms with Crippen LogP contribution in [0.25, 0.3) is 0 Å². The fraction of sp³-hybridized carbons (Fsp3) is 0.462. The van der Waals surface area contributed by atoms with Gasteiger partial charge in [0, 0.05) is 12.2 Å². The number of aryl methyl sites for hydroxylation is 1. The largest absolute Gasteiger partial charge is 0.346 e. The molecule has 1 aromatic rings. The second-order valence-electron chi connectivity index (χ2n) is 4.33. The maximum absolute atomic E-state index is 11.1. The molecule has 0 aliphatic carbocycles. The first-order valence-corrected chi connectivity index (χ1v) is 5.86. The molecule has 0 aromatic carbocycles. The average molecular weight is 229 g/mol. The van der Waals surface area contributed by atoms with Crippen LogP contribution in [0.1, 0.15) is 30.5 Å². The average Bonchev–Trinajstić information content (AvgIpc) is 2.38. The quantitative estimate of drug-likeness (QED) is 0.726. The number of rotatable bonds is 2. The molecule has 0 saturated carbocycles. The molecule has 4 heteroatoms. The first-order valence-electron chi connectivity index (χ1n) is 5.86. The predicted molar refractivity (Wildman–Crippen MR) is 64.7 cm³/mol. The summed E-state index contributed by atoms with van der Waals surface area (Å²) >= 11 is 0. The molecule has 1 fully saturated rings. The number of carbonyl (C=O) groups excluding carboxylic acids is 1. The monoisotopic (exact) mass is 229 g/mol. The molecule has 1 aliphatic rings. The molecule has 0 amide bonds. The van der Waals surface area contributed by atoms with Gasteiger partial charge in [0.25, 0.3) is 0 Å². The Morgan fingerprint density at radius 1 is 1.53 bits per heavy atom. The highest BCUT2D eigenvalue weighted by atomic mass is 16.1. The van der Waals surface area contributed by atoms with Crippen molar-refractivity contribution in [3.05, 3.63) is 23.4 Å². The fourth-order valence-electron chi connectivity index (χ4n) is 2.21. The van der Waals surface area contributed by atoms with Crippen molar-refractivity contribution in [1.29, 1.82) is 5.26 Å². The number of carbonyl (C=O) groups is 1. The summed E-state index contributed by atoms with van der Waals surface area (Å²) in [4.78, 5) is 17.4. The minimum Gasteiger partial charge on any atom is -0.346 e. The van der Waals surface area contributed by atoms with Crippen molar-refractivity contribution in [2.75, 3.05) is 11.4 Å². The van der Waals surface area contributed by atoms with E-state index in [0.29, 0.717) is 11.4 Å². The lowest BCUT2D eigenvalue weighted by Gasteiger charge is -2.33. The maximum atomic E-state index is 11.1. The van der Waals surface area contributed by atoms with Crippen LogP contribution in [0.5, 0.6) is 0 Å². The number of anilines is 1. The van der Waals surface area contributed by atoms with Gasteiger partial charge in [-0.15, -0.1) is 0 Å². The molecule has 2 rings (SSSR count). The summed E-state index contributed by atoms with van der Waals surface area (Å²) in [7, 11) is 0. The number of hydrogen-bond donors (Lipinski definition) is 0. The summed E-state index contributed by atoms with van der Waals surface area (Å²) in [5.74, 6) is 0.657. The van der Waals surface area contributed by atoms with Crippen molar-refractivity contribution in [3.8, 4) is 6.07 Å². The lowest BCUT2D eigenvalue weighted by Crippen LogP contribution is -2.41. The van der Waals surface area contributed by atoms with Gasteiger partial charge in [-0.25, -0.2) is 4.98 Å². The highest BCUT2D eigenvalue weighted by Gasteiger charge is 2.25. The number of nitriles is 1. The minimum absolute atomic E-state index is 0.134. The van der Waals surface area contributed by atoms with Gasteiger partial charge < -0.3 is 9.69 Å². The van der Waals surface area contributed by atoms with Gasteiger partial charge >= 0.3 is 0 Å². The molecule has 1 atom stereocenters. The number of piperidine rings is 1. The number of pyridine rings is 1. The number of aromatic nitrogens is 1. The maximum Gasteiger partial charge on any atom is 0.147 e. The molecule has 1 unspecified atom stereocenters. The Bertz CT molecular complexity index is 464. The van der Waals surface area contributed by atoms with Gasteiger partial charge in [-0.2, -0.15) is 5.26 Å².